The Hall–Kier alpha value is -3.61. The molecule has 0 aliphatic heterocycles. The van der Waals surface area contributed by atoms with Gasteiger partial charge in [0.2, 0.25) is 0 Å². The van der Waals surface area contributed by atoms with E-state index in [4.69, 9.17) is 4.74 Å². The van der Waals surface area contributed by atoms with Crippen LogP contribution in [0.1, 0.15) is 35.8 Å². The number of ether oxygens (including phenoxy) is 1. The number of carboxylic acid groups (broad SMARTS) is 1. The molecule has 2 N–H and O–H groups in total. The number of nitrogens with zero attached hydrogens (tertiary/aromatic N) is 2. The number of alkyl carbamates (subject to hydrolysis) is 1. The average Bonchev–Trinajstić information content (AvgIpc) is 3.33. The molecule has 0 saturated heterocycles. The van der Waals surface area contributed by atoms with Gasteiger partial charge in [0.25, 0.3) is 0 Å². The fourth-order valence-corrected chi connectivity index (χ4v) is 3.84. The number of aromatic nitrogens is 2. The van der Waals surface area contributed by atoms with E-state index in [0.717, 1.165) is 22.3 Å². The summed E-state index contributed by atoms with van der Waals surface area (Å²) in [6.45, 7) is 2.54. The molecule has 7 nitrogen and oxygen atoms in total. The van der Waals surface area contributed by atoms with E-state index in [2.05, 4.69) is 22.4 Å². The molecular formula is C22H21N3O4. The number of aryl methyl sites for hydroxylation is 1. The van der Waals surface area contributed by atoms with E-state index in [1.165, 1.54) is 6.20 Å². The maximum Gasteiger partial charge on any atom is 0.408 e. The summed E-state index contributed by atoms with van der Waals surface area (Å²) in [6, 6.07) is 14.8. The number of amides is 1. The maximum absolute atomic E-state index is 12.4. The van der Waals surface area contributed by atoms with Crippen LogP contribution < -0.4 is 5.32 Å². The van der Waals surface area contributed by atoms with Crippen LogP contribution in [0.3, 0.4) is 0 Å². The lowest BCUT2D eigenvalue weighted by Gasteiger charge is -2.18. The molecule has 0 spiro atoms. The van der Waals surface area contributed by atoms with Gasteiger partial charge < -0.3 is 19.7 Å². The number of fused-ring (bicyclic) bond motifs is 3. The third-order valence-corrected chi connectivity index (χ3v) is 5.20. The Balaban J connectivity index is 1.49. The molecule has 3 aromatic rings. The summed E-state index contributed by atoms with van der Waals surface area (Å²) in [7, 11) is 0. The number of carbonyl (C=O) groups excluding carboxylic acids is 1. The Morgan fingerprint density at radius 2 is 1.76 bits per heavy atom. The standard InChI is InChI=1S/C22H21N3O4/c1-2-25-12-11-23-20(25)19(21(26)27)24-22(28)29-13-18-16-9-5-3-7-14(16)15-8-4-6-10-17(15)18/h3-12,18-19H,2,13H2,1H3,(H,24,28)(H,26,27). The van der Waals surface area contributed by atoms with Crippen LogP contribution in [-0.4, -0.2) is 33.3 Å². The highest BCUT2D eigenvalue weighted by atomic mass is 16.5. The van der Waals surface area contributed by atoms with Gasteiger partial charge in [0.15, 0.2) is 6.04 Å². The van der Waals surface area contributed by atoms with Gasteiger partial charge in [-0.2, -0.15) is 0 Å². The van der Waals surface area contributed by atoms with Crippen molar-refractivity contribution in [2.75, 3.05) is 6.61 Å². The summed E-state index contributed by atoms with van der Waals surface area (Å²) in [5.41, 5.74) is 4.45. The van der Waals surface area contributed by atoms with E-state index in [1.807, 2.05) is 43.3 Å². The molecule has 0 radical (unpaired) electrons. The molecule has 29 heavy (non-hydrogen) atoms. The molecular weight excluding hydrogens is 370 g/mol. The molecule has 1 atom stereocenters. The lowest BCUT2D eigenvalue weighted by atomic mass is 9.98. The van der Waals surface area contributed by atoms with Crippen molar-refractivity contribution in [1.29, 1.82) is 0 Å². The molecule has 1 aliphatic rings. The van der Waals surface area contributed by atoms with Crippen molar-refractivity contribution in [2.24, 2.45) is 0 Å². The predicted octanol–water partition coefficient (Wildman–Crippen LogP) is 3.57. The quantitative estimate of drug-likeness (QED) is 0.670. The number of hydrogen-bond acceptors (Lipinski definition) is 4. The fraction of sp³-hybridized carbons (Fsp3) is 0.227. The normalized spacial score (nSPS) is 13.4. The van der Waals surface area contributed by atoms with Gasteiger partial charge in [0.1, 0.15) is 12.4 Å². The van der Waals surface area contributed by atoms with Crippen LogP contribution in [0.4, 0.5) is 4.79 Å². The van der Waals surface area contributed by atoms with Crippen molar-refractivity contribution in [3.63, 3.8) is 0 Å². The summed E-state index contributed by atoms with van der Waals surface area (Å²) >= 11 is 0. The van der Waals surface area contributed by atoms with Gasteiger partial charge in [-0.15, -0.1) is 0 Å². The smallest absolute Gasteiger partial charge is 0.408 e. The van der Waals surface area contributed by atoms with E-state index in [9.17, 15) is 14.7 Å². The lowest BCUT2D eigenvalue weighted by Crippen LogP contribution is -2.36. The molecule has 0 fully saturated rings. The maximum atomic E-state index is 12.4. The first kappa shape index (κ1) is 18.7. The number of aliphatic carboxylic acids is 1. The van der Waals surface area contributed by atoms with Gasteiger partial charge in [0, 0.05) is 24.9 Å². The number of rotatable bonds is 6. The number of benzene rings is 2. The second kappa shape index (κ2) is 7.79. The number of hydrogen-bond donors (Lipinski definition) is 2. The minimum absolute atomic E-state index is 0.0888. The molecule has 1 amide bonds. The summed E-state index contributed by atoms with van der Waals surface area (Å²) in [6.07, 6.45) is 2.39. The van der Waals surface area contributed by atoms with E-state index >= 15 is 0 Å². The molecule has 0 bridgehead atoms. The molecule has 0 saturated carbocycles. The van der Waals surface area contributed by atoms with Crippen molar-refractivity contribution in [3.8, 4) is 11.1 Å². The van der Waals surface area contributed by atoms with Gasteiger partial charge in [-0.05, 0) is 29.2 Å². The van der Waals surface area contributed by atoms with E-state index in [1.54, 1.807) is 10.8 Å². The van der Waals surface area contributed by atoms with Crippen molar-refractivity contribution in [1.82, 2.24) is 14.9 Å². The lowest BCUT2D eigenvalue weighted by molar-refractivity contribution is -0.139. The highest BCUT2D eigenvalue weighted by Gasteiger charge is 2.31. The van der Waals surface area contributed by atoms with Crippen LogP contribution in [0.5, 0.6) is 0 Å². The summed E-state index contributed by atoms with van der Waals surface area (Å²) < 4.78 is 7.11. The van der Waals surface area contributed by atoms with Crippen LogP contribution >= 0.6 is 0 Å². The van der Waals surface area contributed by atoms with Crippen LogP contribution in [0.15, 0.2) is 60.9 Å². The van der Waals surface area contributed by atoms with Crippen molar-refractivity contribution < 1.29 is 19.4 Å². The third-order valence-electron chi connectivity index (χ3n) is 5.20. The second-order valence-corrected chi connectivity index (χ2v) is 6.81. The van der Waals surface area contributed by atoms with Gasteiger partial charge >= 0.3 is 12.1 Å². The summed E-state index contributed by atoms with van der Waals surface area (Å²) in [5.74, 6) is -1.03. The first-order valence-electron chi connectivity index (χ1n) is 9.45. The van der Waals surface area contributed by atoms with E-state index in [-0.39, 0.29) is 18.3 Å². The number of nitrogens with one attached hydrogen (secondary N) is 1. The van der Waals surface area contributed by atoms with Crippen LogP contribution in [0.2, 0.25) is 0 Å². The highest BCUT2D eigenvalue weighted by Crippen LogP contribution is 2.44. The molecule has 7 heteroatoms. The van der Waals surface area contributed by atoms with Crippen LogP contribution in [-0.2, 0) is 16.1 Å². The van der Waals surface area contributed by atoms with Crippen LogP contribution in [0, 0.1) is 0 Å². The molecule has 1 aliphatic carbocycles. The number of imidazole rings is 1. The predicted molar refractivity (Wildman–Crippen MR) is 106 cm³/mol. The Kier molecular flexibility index (Phi) is 5.03. The van der Waals surface area contributed by atoms with Gasteiger partial charge in [-0.25, -0.2) is 14.6 Å². The molecule has 1 unspecified atom stereocenters. The first-order valence-corrected chi connectivity index (χ1v) is 9.45. The van der Waals surface area contributed by atoms with Gasteiger partial charge in [-0.3, -0.25) is 0 Å². The Bertz CT molecular complexity index is 1010. The fourth-order valence-electron chi connectivity index (χ4n) is 3.84. The van der Waals surface area contributed by atoms with Crippen molar-refractivity contribution in [2.45, 2.75) is 25.4 Å². The zero-order chi connectivity index (χ0) is 20.4. The second-order valence-electron chi connectivity index (χ2n) is 6.81. The highest BCUT2D eigenvalue weighted by molar-refractivity contribution is 5.81. The van der Waals surface area contributed by atoms with Crippen LogP contribution in [0.25, 0.3) is 11.1 Å². The average molecular weight is 391 g/mol. The summed E-state index contributed by atoms with van der Waals surface area (Å²) in [5, 5.41) is 12.0. The number of carboxylic acids is 1. The Morgan fingerprint density at radius 1 is 1.14 bits per heavy atom. The SMILES string of the molecule is CCn1ccnc1C(NC(=O)OCC1c2ccccc2-c2ccccc21)C(=O)O. The third kappa shape index (κ3) is 3.47. The van der Waals surface area contributed by atoms with Crippen molar-refractivity contribution in [3.05, 3.63) is 77.9 Å². The molecule has 1 heterocycles. The van der Waals surface area contributed by atoms with E-state index < -0.39 is 18.1 Å². The minimum Gasteiger partial charge on any atom is -0.479 e. The topological polar surface area (TPSA) is 93.5 Å². The molecule has 2 aromatic carbocycles. The largest absolute Gasteiger partial charge is 0.479 e. The Morgan fingerprint density at radius 3 is 2.34 bits per heavy atom. The van der Waals surface area contributed by atoms with Gasteiger partial charge in [-0.1, -0.05) is 48.5 Å². The zero-order valence-corrected chi connectivity index (χ0v) is 15.9. The molecule has 4 rings (SSSR count). The number of carbonyl (C=O) groups is 2. The van der Waals surface area contributed by atoms with E-state index in [0.29, 0.717) is 6.54 Å². The first-order chi connectivity index (χ1) is 14.1. The molecule has 1 aromatic heterocycles. The zero-order valence-electron chi connectivity index (χ0n) is 15.9. The monoisotopic (exact) mass is 391 g/mol. The van der Waals surface area contributed by atoms with Gasteiger partial charge in [0.05, 0.1) is 0 Å². The Labute approximate surface area is 168 Å². The van der Waals surface area contributed by atoms with Crippen molar-refractivity contribution >= 4 is 12.1 Å². The minimum atomic E-state index is -1.28. The summed E-state index contributed by atoms with van der Waals surface area (Å²) in [4.78, 5) is 28.1. The molecule has 148 valence electrons.